The van der Waals surface area contributed by atoms with Crippen molar-refractivity contribution in [3.63, 3.8) is 0 Å². The van der Waals surface area contributed by atoms with Gasteiger partial charge in [0.15, 0.2) is 0 Å². The Hall–Kier alpha value is -0.920. The third-order valence-corrected chi connectivity index (χ3v) is 5.46. The zero-order valence-corrected chi connectivity index (χ0v) is 13.5. The van der Waals surface area contributed by atoms with E-state index in [9.17, 15) is 8.42 Å². The highest BCUT2D eigenvalue weighted by Gasteiger charge is 2.34. The number of sulfonamides is 1. The maximum atomic E-state index is 11.9. The summed E-state index contributed by atoms with van der Waals surface area (Å²) in [7, 11) is -3.20. The van der Waals surface area contributed by atoms with Gasteiger partial charge in [-0.3, -0.25) is 0 Å². The number of rotatable bonds is 6. The van der Waals surface area contributed by atoms with Gasteiger partial charge in [0.1, 0.15) is 0 Å². The molecule has 2 heterocycles. The first-order valence-corrected chi connectivity index (χ1v) is 9.40. The van der Waals surface area contributed by atoms with Crippen LogP contribution in [0.4, 0.5) is 0 Å². The Morgan fingerprint density at radius 1 is 1.43 bits per heavy atom. The number of nitrogens with zero attached hydrogens (tertiary/aromatic N) is 3. The lowest BCUT2D eigenvalue weighted by Gasteiger charge is -2.31. The fourth-order valence-electron chi connectivity index (χ4n) is 2.96. The third-order valence-electron chi connectivity index (χ3n) is 4.24. The maximum absolute atomic E-state index is 11.9. The topological polar surface area (TPSA) is 64.4 Å². The monoisotopic (exact) mass is 313 g/mol. The Morgan fingerprint density at radius 2 is 2.19 bits per heavy atom. The molecule has 1 saturated carbocycles. The molecule has 21 heavy (non-hydrogen) atoms. The molecule has 0 amide bonds. The zero-order valence-electron chi connectivity index (χ0n) is 12.7. The van der Waals surface area contributed by atoms with Crippen molar-refractivity contribution in [2.75, 3.05) is 26.0 Å². The molecule has 0 saturated heterocycles. The van der Waals surface area contributed by atoms with Gasteiger partial charge in [0.2, 0.25) is 10.0 Å². The number of hydrogen-bond donors (Lipinski definition) is 0. The van der Waals surface area contributed by atoms with Gasteiger partial charge in [-0.15, -0.1) is 0 Å². The highest BCUT2D eigenvalue weighted by molar-refractivity contribution is 7.88. The van der Waals surface area contributed by atoms with Gasteiger partial charge in [-0.25, -0.2) is 13.4 Å². The van der Waals surface area contributed by atoms with Gasteiger partial charge in [-0.1, -0.05) is 0 Å². The molecule has 0 spiro atoms. The molecular weight excluding hydrogens is 290 g/mol. The van der Waals surface area contributed by atoms with Gasteiger partial charge in [0.25, 0.3) is 0 Å². The summed E-state index contributed by atoms with van der Waals surface area (Å²) in [6.07, 6.45) is 5.71. The fourth-order valence-corrected chi connectivity index (χ4v) is 3.77. The van der Waals surface area contributed by atoms with E-state index in [1.165, 1.54) is 29.1 Å². The van der Waals surface area contributed by atoms with Crippen molar-refractivity contribution < 1.29 is 13.2 Å². The largest absolute Gasteiger partial charge is 0.381 e. The minimum Gasteiger partial charge on any atom is -0.381 e. The molecule has 2 aliphatic rings. The van der Waals surface area contributed by atoms with Crippen LogP contribution in [0.3, 0.4) is 0 Å². The van der Waals surface area contributed by atoms with Crippen LogP contribution in [0.5, 0.6) is 0 Å². The summed E-state index contributed by atoms with van der Waals surface area (Å²) in [5.41, 5.74) is 2.06. The highest BCUT2D eigenvalue weighted by atomic mass is 32.2. The molecule has 6 nitrogen and oxygen atoms in total. The smallest absolute Gasteiger partial charge is 0.211 e. The molecule has 1 aliphatic heterocycles. The number of hydrogen-bond acceptors (Lipinski definition) is 4. The lowest BCUT2D eigenvalue weighted by Crippen LogP contribution is -2.39. The number of fused-ring (bicyclic) bond motifs is 1. The first kappa shape index (κ1) is 15.0. The second-order valence-corrected chi connectivity index (χ2v) is 8.07. The Morgan fingerprint density at radius 3 is 2.81 bits per heavy atom. The lowest BCUT2D eigenvalue weighted by atomic mass is 10.0. The Kier molecular flexibility index (Phi) is 4.07. The average Bonchev–Trinajstić information content (AvgIpc) is 3.14. The molecule has 118 valence electrons. The van der Waals surface area contributed by atoms with Crippen LogP contribution in [0.25, 0.3) is 0 Å². The van der Waals surface area contributed by atoms with Crippen molar-refractivity contribution in [3.05, 3.63) is 17.7 Å². The molecule has 1 aromatic heterocycles. The SMILES string of the molecule is CCOC[C@@H]1CN(S(C)(=O)=O)Cc2ncn(CC3CC3)c21. The van der Waals surface area contributed by atoms with Crippen molar-refractivity contribution in [3.8, 4) is 0 Å². The standard InChI is InChI=1S/C14H23N3O3S/c1-3-20-9-12-7-17(21(2,18)19)8-13-14(12)16(10-15-13)6-11-4-5-11/h10-12H,3-9H2,1-2H3/t12-/m0/s1. The quantitative estimate of drug-likeness (QED) is 0.791. The van der Waals surface area contributed by atoms with Crippen molar-refractivity contribution >= 4 is 10.0 Å². The van der Waals surface area contributed by atoms with Gasteiger partial charge in [0.05, 0.1) is 31.4 Å². The number of imidazole rings is 1. The molecule has 1 aromatic rings. The average molecular weight is 313 g/mol. The summed E-state index contributed by atoms with van der Waals surface area (Å²) in [6, 6.07) is 0. The zero-order chi connectivity index (χ0) is 15.0. The third kappa shape index (κ3) is 3.30. The van der Waals surface area contributed by atoms with Gasteiger partial charge < -0.3 is 9.30 Å². The van der Waals surface area contributed by atoms with Crippen molar-refractivity contribution in [1.29, 1.82) is 0 Å². The van der Waals surface area contributed by atoms with Crippen LogP contribution in [0.15, 0.2) is 6.33 Å². The summed E-state index contributed by atoms with van der Waals surface area (Å²) < 4.78 is 33.0. The maximum Gasteiger partial charge on any atom is 0.211 e. The molecule has 7 heteroatoms. The first-order valence-electron chi connectivity index (χ1n) is 7.55. The molecule has 0 radical (unpaired) electrons. The van der Waals surface area contributed by atoms with Crippen LogP contribution >= 0.6 is 0 Å². The van der Waals surface area contributed by atoms with Crippen molar-refractivity contribution in [1.82, 2.24) is 13.9 Å². The molecule has 0 bridgehead atoms. The first-order chi connectivity index (χ1) is 9.99. The fraction of sp³-hybridized carbons (Fsp3) is 0.786. The number of ether oxygens (including phenoxy) is 1. The van der Waals surface area contributed by atoms with E-state index < -0.39 is 10.0 Å². The second-order valence-electron chi connectivity index (χ2n) is 6.08. The summed E-state index contributed by atoms with van der Waals surface area (Å²) in [5.74, 6) is 0.841. The highest BCUT2D eigenvalue weighted by Crippen LogP contribution is 2.34. The van der Waals surface area contributed by atoms with Crippen LogP contribution in [-0.4, -0.2) is 48.3 Å². The van der Waals surface area contributed by atoms with E-state index in [-0.39, 0.29) is 5.92 Å². The molecule has 1 atom stereocenters. The van der Waals surface area contributed by atoms with Crippen LogP contribution in [-0.2, 0) is 27.8 Å². The molecule has 0 unspecified atom stereocenters. The van der Waals surface area contributed by atoms with E-state index in [1.54, 1.807) is 0 Å². The minimum atomic E-state index is -3.20. The molecule has 0 N–H and O–H groups in total. The molecule has 0 aromatic carbocycles. The van der Waals surface area contributed by atoms with E-state index in [4.69, 9.17) is 4.74 Å². The van der Waals surface area contributed by atoms with E-state index in [1.807, 2.05) is 13.3 Å². The Balaban J connectivity index is 1.88. The minimum absolute atomic E-state index is 0.0738. The molecule has 1 aliphatic carbocycles. The van der Waals surface area contributed by atoms with Gasteiger partial charge >= 0.3 is 0 Å². The number of aromatic nitrogens is 2. The van der Waals surface area contributed by atoms with Crippen LogP contribution < -0.4 is 0 Å². The van der Waals surface area contributed by atoms with Gasteiger partial charge in [0, 0.05) is 31.3 Å². The summed E-state index contributed by atoms with van der Waals surface area (Å²) in [6.45, 7) is 5.02. The van der Waals surface area contributed by atoms with Crippen LogP contribution in [0, 0.1) is 5.92 Å². The van der Waals surface area contributed by atoms with Crippen molar-refractivity contribution in [2.45, 2.75) is 38.8 Å². The summed E-state index contributed by atoms with van der Waals surface area (Å²) in [5, 5.41) is 0. The van der Waals surface area contributed by atoms with Crippen LogP contribution in [0.1, 0.15) is 37.1 Å². The predicted octanol–water partition coefficient (Wildman–Crippen LogP) is 1.19. The van der Waals surface area contributed by atoms with Crippen molar-refractivity contribution in [2.24, 2.45) is 5.92 Å². The van der Waals surface area contributed by atoms with E-state index in [0.717, 1.165) is 18.2 Å². The van der Waals surface area contributed by atoms with E-state index in [0.29, 0.717) is 26.3 Å². The molecular formula is C14H23N3O3S. The lowest BCUT2D eigenvalue weighted by molar-refractivity contribution is 0.118. The van der Waals surface area contributed by atoms with E-state index in [2.05, 4.69) is 9.55 Å². The Bertz CT molecular complexity index is 607. The Labute approximate surface area is 126 Å². The molecule has 3 rings (SSSR count). The summed E-state index contributed by atoms with van der Waals surface area (Å²) >= 11 is 0. The van der Waals surface area contributed by atoms with Gasteiger partial charge in [-0.2, -0.15) is 4.31 Å². The van der Waals surface area contributed by atoms with Gasteiger partial charge in [-0.05, 0) is 25.7 Å². The van der Waals surface area contributed by atoms with Crippen LogP contribution in [0.2, 0.25) is 0 Å². The van der Waals surface area contributed by atoms with E-state index >= 15 is 0 Å². The molecule has 1 fully saturated rings. The normalized spacial score (nSPS) is 23.2. The predicted molar refractivity (Wildman–Crippen MR) is 79.4 cm³/mol. The second kappa shape index (κ2) is 5.70. The summed E-state index contributed by atoms with van der Waals surface area (Å²) in [4.78, 5) is 4.46.